The number of carbonyl (C=O) groups is 1. The maximum Gasteiger partial charge on any atom is 0.256 e. The molecule has 0 bridgehead atoms. The molecule has 5 rings (SSSR count). The van der Waals surface area contributed by atoms with Crippen LogP contribution in [0.1, 0.15) is 52.5 Å². The Morgan fingerprint density at radius 1 is 1.23 bits per heavy atom. The molecule has 2 aromatic rings. The van der Waals surface area contributed by atoms with Crippen LogP contribution in [-0.4, -0.2) is 52.7 Å². The normalized spacial score (nSPS) is 19.5. The van der Waals surface area contributed by atoms with Crippen molar-refractivity contribution in [1.82, 2.24) is 9.88 Å². The van der Waals surface area contributed by atoms with Crippen molar-refractivity contribution in [3.63, 3.8) is 0 Å². The van der Waals surface area contributed by atoms with Crippen LogP contribution in [0.2, 0.25) is 0 Å². The first-order chi connectivity index (χ1) is 15.0. The molecule has 0 radical (unpaired) electrons. The van der Waals surface area contributed by atoms with E-state index in [1.54, 1.807) is 11.8 Å². The molecule has 1 aromatic carbocycles. The Hall–Kier alpha value is -2.64. The van der Waals surface area contributed by atoms with Gasteiger partial charge in [-0.2, -0.15) is 0 Å². The lowest BCUT2D eigenvalue weighted by atomic mass is 10.1. The number of benzene rings is 1. The summed E-state index contributed by atoms with van der Waals surface area (Å²) < 4.78 is 11.7. The summed E-state index contributed by atoms with van der Waals surface area (Å²) in [4.78, 5) is 21.4. The number of aliphatic hydroxyl groups is 1. The first-order valence-corrected chi connectivity index (χ1v) is 11.1. The van der Waals surface area contributed by atoms with Gasteiger partial charge in [0.15, 0.2) is 0 Å². The third kappa shape index (κ3) is 4.00. The lowest BCUT2D eigenvalue weighted by Crippen LogP contribution is -2.39. The van der Waals surface area contributed by atoms with Crippen LogP contribution in [0.3, 0.4) is 0 Å². The van der Waals surface area contributed by atoms with Crippen LogP contribution in [0.25, 0.3) is 0 Å². The fourth-order valence-corrected chi connectivity index (χ4v) is 4.76. The predicted octanol–water partition coefficient (Wildman–Crippen LogP) is 2.80. The summed E-state index contributed by atoms with van der Waals surface area (Å²) in [5, 5.41) is 9.66. The number of aryl methyl sites for hydroxylation is 1. The van der Waals surface area contributed by atoms with Gasteiger partial charge >= 0.3 is 0 Å². The highest BCUT2D eigenvalue weighted by molar-refractivity contribution is 5.98. The highest BCUT2D eigenvalue weighted by atomic mass is 16.5. The Kier molecular flexibility index (Phi) is 5.32. The van der Waals surface area contributed by atoms with Crippen molar-refractivity contribution in [2.24, 2.45) is 0 Å². The molecule has 1 amide bonds. The summed E-state index contributed by atoms with van der Waals surface area (Å²) in [7, 11) is 0. The Bertz CT molecular complexity index is 999. The number of hydrogen-bond acceptors (Lipinski definition) is 6. The van der Waals surface area contributed by atoms with Crippen molar-refractivity contribution in [3.05, 3.63) is 52.2 Å². The first kappa shape index (κ1) is 20.3. The molecule has 164 valence electrons. The molecule has 0 aliphatic carbocycles. The van der Waals surface area contributed by atoms with Crippen LogP contribution in [0, 0.1) is 6.92 Å². The smallest absolute Gasteiger partial charge is 0.256 e. The quantitative estimate of drug-likeness (QED) is 0.797. The van der Waals surface area contributed by atoms with Crippen LogP contribution >= 0.6 is 0 Å². The lowest BCUT2D eigenvalue weighted by molar-refractivity contribution is 0.0671. The number of rotatable bonds is 5. The van der Waals surface area contributed by atoms with Gasteiger partial charge in [-0.25, -0.2) is 4.98 Å². The lowest BCUT2D eigenvalue weighted by Gasteiger charge is -2.34. The molecule has 4 heterocycles. The van der Waals surface area contributed by atoms with E-state index in [1.165, 1.54) is 11.1 Å². The third-order valence-electron chi connectivity index (χ3n) is 6.35. The fourth-order valence-electron chi connectivity index (χ4n) is 4.76. The second-order valence-corrected chi connectivity index (χ2v) is 8.89. The first-order valence-electron chi connectivity index (χ1n) is 11.1. The molecule has 3 aliphatic heterocycles. The molecule has 1 saturated heterocycles. The van der Waals surface area contributed by atoms with E-state index in [9.17, 15) is 9.90 Å². The highest BCUT2D eigenvalue weighted by Gasteiger charge is 2.31. The largest absolute Gasteiger partial charge is 0.490 e. The van der Waals surface area contributed by atoms with Crippen LogP contribution in [0.15, 0.2) is 24.3 Å². The van der Waals surface area contributed by atoms with E-state index in [-0.39, 0.29) is 12.0 Å². The van der Waals surface area contributed by atoms with Gasteiger partial charge in [0.2, 0.25) is 0 Å². The maximum atomic E-state index is 12.6. The van der Waals surface area contributed by atoms with Gasteiger partial charge in [-0.15, -0.1) is 0 Å². The number of ether oxygens (including phenoxy) is 2. The summed E-state index contributed by atoms with van der Waals surface area (Å²) in [6, 6.07) is 8.21. The van der Waals surface area contributed by atoms with Gasteiger partial charge in [-0.1, -0.05) is 6.07 Å². The molecule has 3 aliphatic rings. The number of carbonyl (C=O) groups excluding carboxylic acids is 1. The number of aromatic nitrogens is 1. The summed E-state index contributed by atoms with van der Waals surface area (Å²) in [5.41, 5.74) is 4.98. The molecule has 7 heteroatoms. The van der Waals surface area contributed by atoms with Crippen molar-refractivity contribution >= 4 is 11.7 Å². The van der Waals surface area contributed by atoms with Gasteiger partial charge in [-0.3, -0.25) is 4.79 Å². The van der Waals surface area contributed by atoms with E-state index in [0.717, 1.165) is 48.8 Å². The number of hydrogen-bond donors (Lipinski definition) is 1. The number of amides is 1. The minimum atomic E-state index is -0.545. The molecule has 1 aromatic heterocycles. The van der Waals surface area contributed by atoms with Gasteiger partial charge < -0.3 is 24.4 Å². The van der Waals surface area contributed by atoms with E-state index in [1.807, 2.05) is 19.1 Å². The minimum absolute atomic E-state index is 0.0371. The predicted molar refractivity (Wildman–Crippen MR) is 116 cm³/mol. The monoisotopic (exact) mass is 423 g/mol. The number of pyridine rings is 1. The second-order valence-electron chi connectivity index (χ2n) is 8.89. The number of piperidine rings is 1. The number of β-amino-alcohol motifs (C(OH)–C–C–N with tert-alkyl or cyclic N) is 1. The van der Waals surface area contributed by atoms with Crippen LogP contribution in [0.5, 0.6) is 5.75 Å². The fraction of sp³-hybridized carbons (Fsp3) is 0.500. The van der Waals surface area contributed by atoms with E-state index in [2.05, 4.69) is 17.0 Å². The van der Waals surface area contributed by atoms with Gasteiger partial charge in [0.25, 0.3) is 5.91 Å². The molecule has 0 saturated carbocycles. The van der Waals surface area contributed by atoms with E-state index < -0.39 is 6.10 Å². The topological polar surface area (TPSA) is 75.1 Å². The maximum absolute atomic E-state index is 12.6. The molecular weight excluding hydrogens is 394 g/mol. The molecule has 1 N–H and O–H groups in total. The molecule has 31 heavy (non-hydrogen) atoms. The zero-order valence-corrected chi connectivity index (χ0v) is 18.1. The SMILES string of the molecule is Cc1cc2c(nc1N1CCC(Oc3ccc4c(c3)COC4)CC1)CN(C[C@@H](C)O)C2=O. The van der Waals surface area contributed by atoms with E-state index in [0.29, 0.717) is 31.9 Å². The standard InChI is InChI=1S/C24H29N3O4/c1-15-9-21-22(12-27(24(21)29)11-16(2)28)25-23(15)26-7-5-19(6-8-26)31-20-4-3-17-13-30-14-18(17)10-20/h3-4,9-10,16,19,28H,5-8,11-14H2,1-2H3/t16-/m1/s1. The number of fused-ring (bicyclic) bond motifs is 2. The summed E-state index contributed by atoms with van der Waals surface area (Å²) >= 11 is 0. The number of nitrogens with zero attached hydrogens (tertiary/aromatic N) is 3. The van der Waals surface area contributed by atoms with Crippen LogP contribution in [0.4, 0.5) is 5.82 Å². The number of anilines is 1. The summed E-state index contributed by atoms with van der Waals surface area (Å²) in [6.45, 7) is 7.63. The summed E-state index contributed by atoms with van der Waals surface area (Å²) in [6.07, 6.45) is 1.50. The third-order valence-corrected chi connectivity index (χ3v) is 6.35. The van der Waals surface area contributed by atoms with Gasteiger partial charge in [-0.05, 0) is 48.7 Å². The minimum Gasteiger partial charge on any atom is -0.490 e. The van der Waals surface area contributed by atoms with Crippen LogP contribution in [-0.2, 0) is 24.5 Å². The van der Waals surface area contributed by atoms with E-state index in [4.69, 9.17) is 14.5 Å². The molecule has 1 fully saturated rings. The Balaban J connectivity index is 1.24. The van der Waals surface area contributed by atoms with Gasteiger partial charge in [0, 0.05) is 32.5 Å². The summed E-state index contributed by atoms with van der Waals surface area (Å²) in [5.74, 6) is 1.84. The highest BCUT2D eigenvalue weighted by Crippen LogP contribution is 2.31. The van der Waals surface area contributed by atoms with Crippen molar-refractivity contribution < 1.29 is 19.4 Å². The van der Waals surface area contributed by atoms with Gasteiger partial charge in [0.05, 0.1) is 37.1 Å². The second kappa shape index (κ2) is 8.13. The Morgan fingerprint density at radius 2 is 2.00 bits per heavy atom. The molecule has 0 unspecified atom stereocenters. The molecular formula is C24H29N3O4. The number of aliphatic hydroxyl groups excluding tert-OH is 1. The average molecular weight is 424 g/mol. The van der Waals surface area contributed by atoms with Crippen molar-refractivity contribution in [1.29, 1.82) is 0 Å². The van der Waals surface area contributed by atoms with E-state index >= 15 is 0 Å². The average Bonchev–Trinajstić information content (AvgIpc) is 3.32. The zero-order valence-electron chi connectivity index (χ0n) is 18.1. The van der Waals surface area contributed by atoms with Crippen molar-refractivity contribution in [3.8, 4) is 5.75 Å². The molecule has 1 atom stereocenters. The Morgan fingerprint density at radius 3 is 2.77 bits per heavy atom. The molecule has 0 spiro atoms. The van der Waals surface area contributed by atoms with Gasteiger partial charge in [0.1, 0.15) is 17.7 Å². The Labute approximate surface area is 182 Å². The van der Waals surface area contributed by atoms with Crippen molar-refractivity contribution in [2.75, 3.05) is 24.5 Å². The van der Waals surface area contributed by atoms with Crippen molar-refractivity contribution in [2.45, 2.75) is 58.7 Å². The zero-order chi connectivity index (χ0) is 21.5. The van der Waals surface area contributed by atoms with Crippen LogP contribution < -0.4 is 9.64 Å². The molecule has 7 nitrogen and oxygen atoms in total.